The van der Waals surface area contributed by atoms with Gasteiger partial charge in [0.05, 0.1) is 18.3 Å². The lowest BCUT2D eigenvalue weighted by Gasteiger charge is -2.17. The van der Waals surface area contributed by atoms with Gasteiger partial charge in [0.25, 0.3) is 0 Å². The van der Waals surface area contributed by atoms with Crippen LogP contribution >= 0.6 is 0 Å². The van der Waals surface area contributed by atoms with E-state index in [1.165, 1.54) is 6.92 Å². The van der Waals surface area contributed by atoms with Crippen molar-refractivity contribution < 1.29 is 19.4 Å². The molecular formula is C17H24O4. The topological polar surface area (TPSA) is 55.8 Å². The minimum absolute atomic E-state index is 0.256. The van der Waals surface area contributed by atoms with Crippen LogP contribution in [0.15, 0.2) is 24.3 Å². The Kier molecular flexibility index (Phi) is 7.81. The predicted octanol–water partition coefficient (Wildman–Crippen LogP) is 2.37. The van der Waals surface area contributed by atoms with Crippen molar-refractivity contribution in [2.75, 3.05) is 0 Å². The molecule has 1 fully saturated rings. The normalized spacial score (nSPS) is 27.0. The standard InChI is InChI=1S/C17H24O4/c1-4-6-8-10-14(19)16-12-17(20-13(3)18)15(21-16)11-9-7-5-2/h2,6-9,14-17,19H,4,10-12H2,1,3H3/b8-6+,9-7+/t14-,15+,16+,17+/m0/s1. The molecule has 0 aromatic rings. The highest BCUT2D eigenvalue weighted by molar-refractivity contribution is 5.66. The van der Waals surface area contributed by atoms with E-state index in [1.54, 1.807) is 6.08 Å². The molecule has 0 aromatic carbocycles. The molecule has 4 atom stereocenters. The zero-order valence-electron chi connectivity index (χ0n) is 12.7. The first kappa shape index (κ1) is 17.5. The molecule has 4 nitrogen and oxygen atoms in total. The number of aliphatic hydroxyl groups is 1. The maximum atomic E-state index is 11.2. The third kappa shape index (κ3) is 6.16. The van der Waals surface area contributed by atoms with E-state index in [4.69, 9.17) is 15.9 Å². The number of esters is 1. The lowest BCUT2D eigenvalue weighted by molar-refractivity contribution is -0.149. The van der Waals surface area contributed by atoms with E-state index in [0.29, 0.717) is 19.3 Å². The molecule has 4 heteroatoms. The smallest absolute Gasteiger partial charge is 0.302 e. The fraction of sp³-hybridized carbons (Fsp3) is 0.588. The van der Waals surface area contributed by atoms with Crippen molar-refractivity contribution in [1.29, 1.82) is 0 Å². The molecule has 21 heavy (non-hydrogen) atoms. The highest BCUT2D eigenvalue weighted by atomic mass is 16.6. The van der Waals surface area contributed by atoms with E-state index < -0.39 is 6.10 Å². The number of ether oxygens (including phenoxy) is 2. The van der Waals surface area contributed by atoms with Gasteiger partial charge in [-0.05, 0) is 25.3 Å². The zero-order chi connectivity index (χ0) is 15.7. The van der Waals surface area contributed by atoms with Gasteiger partial charge in [-0.25, -0.2) is 0 Å². The molecule has 1 aliphatic rings. The fourth-order valence-corrected chi connectivity index (χ4v) is 2.37. The van der Waals surface area contributed by atoms with Gasteiger partial charge in [0, 0.05) is 13.3 Å². The largest absolute Gasteiger partial charge is 0.460 e. The summed E-state index contributed by atoms with van der Waals surface area (Å²) in [7, 11) is 0. The van der Waals surface area contributed by atoms with Crippen LogP contribution in [-0.2, 0) is 14.3 Å². The summed E-state index contributed by atoms with van der Waals surface area (Å²) in [6, 6.07) is 0. The first-order chi connectivity index (χ1) is 10.1. The van der Waals surface area contributed by atoms with E-state index in [2.05, 4.69) is 5.92 Å². The van der Waals surface area contributed by atoms with Gasteiger partial charge in [-0.1, -0.05) is 31.1 Å². The third-order valence-corrected chi connectivity index (χ3v) is 3.34. The molecule has 0 radical (unpaired) electrons. The van der Waals surface area contributed by atoms with Crippen molar-refractivity contribution in [1.82, 2.24) is 0 Å². The molecule has 1 aliphatic heterocycles. The van der Waals surface area contributed by atoms with E-state index >= 15 is 0 Å². The van der Waals surface area contributed by atoms with Crippen molar-refractivity contribution in [3.05, 3.63) is 24.3 Å². The summed E-state index contributed by atoms with van der Waals surface area (Å²) in [5, 5.41) is 10.1. The zero-order valence-corrected chi connectivity index (χ0v) is 12.7. The van der Waals surface area contributed by atoms with Crippen LogP contribution in [0.2, 0.25) is 0 Å². The third-order valence-electron chi connectivity index (χ3n) is 3.34. The number of rotatable bonds is 7. The fourth-order valence-electron chi connectivity index (χ4n) is 2.37. The van der Waals surface area contributed by atoms with E-state index in [9.17, 15) is 9.90 Å². The first-order valence-electron chi connectivity index (χ1n) is 7.35. The maximum Gasteiger partial charge on any atom is 0.302 e. The van der Waals surface area contributed by atoms with Gasteiger partial charge < -0.3 is 14.6 Å². The summed E-state index contributed by atoms with van der Waals surface area (Å²) in [5.41, 5.74) is 0. The molecular weight excluding hydrogens is 268 g/mol. The first-order valence-corrected chi connectivity index (χ1v) is 7.35. The Morgan fingerprint density at radius 2 is 2.29 bits per heavy atom. The second-order valence-corrected chi connectivity index (χ2v) is 5.08. The molecule has 116 valence electrons. The van der Waals surface area contributed by atoms with Crippen LogP contribution in [0.25, 0.3) is 0 Å². The Hall–Kier alpha value is -1.57. The molecule has 0 bridgehead atoms. The average molecular weight is 292 g/mol. The van der Waals surface area contributed by atoms with Crippen molar-refractivity contribution in [3.8, 4) is 12.3 Å². The van der Waals surface area contributed by atoms with Gasteiger partial charge in [0.15, 0.2) is 0 Å². The Morgan fingerprint density at radius 3 is 2.90 bits per heavy atom. The van der Waals surface area contributed by atoms with Gasteiger partial charge in [0.1, 0.15) is 6.10 Å². The molecule has 1 rings (SSSR count). The van der Waals surface area contributed by atoms with Crippen molar-refractivity contribution in [2.45, 2.75) is 63.9 Å². The highest BCUT2D eigenvalue weighted by Gasteiger charge is 2.39. The lowest BCUT2D eigenvalue weighted by Crippen LogP contribution is -2.25. The number of aliphatic hydroxyl groups excluding tert-OH is 1. The Bertz CT molecular complexity index is 419. The van der Waals surface area contributed by atoms with E-state index in [0.717, 1.165) is 6.42 Å². The van der Waals surface area contributed by atoms with Gasteiger partial charge in [-0.2, -0.15) is 0 Å². The summed E-state index contributed by atoms with van der Waals surface area (Å²) < 4.78 is 11.1. The van der Waals surface area contributed by atoms with Crippen molar-refractivity contribution in [2.24, 2.45) is 0 Å². The molecule has 0 saturated carbocycles. The Morgan fingerprint density at radius 1 is 1.52 bits per heavy atom. The minimum atomic E-state index is -0.590. The number of allylic oxidation sites excluding steroid dienone is 2. The van der Waals surface area contributed by atoms with Gasteiger partial charge >= 0.3 is 5.97 Å². The monoisotopic (exact) mass is 292 g/mol. The number of carbonyl (C=O) groups is 1. The highest BCUT2D eigenvalue weighted by Crippen LogP contribution is 2.29. The molecule has 0 aliphatic carbocycles. The van der Waals surface area contributed by atoms with Gasteiger partial charge in [-0.3, -0.25) is 4.79 Å². The van der Waals surface area contributed by atoms with Crippen LogP contribution in [0.1, 0.15) is 39.5 Å². The maximum absolute atomic E-state index is 11.2. The summed E-state index contributed by atoms with van der Waals surface area (Å²) in [5.74, 6) is 2.08. The van der Waals surface area contributed by atoms with Crippen molar-refractivity contribution in [3.63, 3.8) is 0 Å². The second kappa shape index (κ2) is 9.38. The van der Waals surface area contributed by atoms with Crippen LogP contribution in [-0.4, -0.2) is 35.5 Å². The van der Waals surface area contributed by atoms with Crippen LogP contribution < -0.4 is 0 Å². The van der Waals surface area contributed by atoms with E-state index in [1.807, 2.05) is 25.2 Å². The number of hydrogen-bond acceptors (Lipinski definition) is 4. The predicted molar refractivity (Wildman–Crippen MR) is 81.5 cm³/mol. The second-order valence-electron chi connectivity index (χ2n) is 5.08. The molecule has 0 unspecified atom stereocenters. The van der Waals surface area contributed by atoms with Crippen molar-refractivity contribution >= 4 is 5.97 Å². The molecule has 0 spiro atoms. The molecule has 1 heterocycles. The molecule has 0 amide bonds. The van der Waals surface area contributed by atoms with Crippen LogP contribution in [0, 0.1) is 12.3 Å². The molecule has 1 saturated heterocycles. The van der Waals surface area contributed by atoms with Crippen LogP contribution in [0.4, 0.5) is 0 Å². The quantitative estimate of drug-likeness (QED) is 0.445. The van der Waals surface area contributed by atoms with Gasteiger partial charge in [-0.15, -0.1) is 6.42 Å². The molecule has 1 N–H and O–H groups in total. The SMILES string of the molecule is C#C/C=C/C[C@H]1O[C@@H]([C@@H](O)C/C=C/CC)C[C@H]1OC(C)=O. The Balaban J connectivity index is 2.61. The summed E-state index contributed by atoms with van der Waals surface area (Å²) in [4.78, 5) is 11.2. The van der Waals surface area contributed by atoms with Crippen LogP contribution in [0.5, 0.6) is 0 Å². The number of carbonyl (C=O) groups excluding carboxylic acids is 1. The summed E-state index contributed by atoms with van der Waals surface area (Å²) in [6.07, 6.45) is 13.6. The Labute approximate surface area is 126 Å². The average Bonchev–Trinajstić information content (AvgIpc) is 2.82. The summed E-state index contributed by atoms with van der Waals surface area (Å²) in [6.45, 7) is 3.42. The lowest BCUT2D eigenvalue weighted by atomic mass is 10.0. The van der Waals surface area contributed by atoms with Gasteiger partial charge in [0.2, 0.25) is 0 Å². The van der Waals surface area contributed by atoms with E-state index in [-0.39, 0.29) is 24.3 Å². The van der Waals surface area contributed by atoms with Crippen LogP contribution in [0.3, 0.4) is 0 Å². The minimum Gasteiger partial charge on any atom is -0.460 e. The summed E-state index contributed by atoms with van der Waals surface area (Å²) >= 11 is 0. The number of hydrogen-bond donors (Lipinski definition) is 1. The number of terminal acetylenes is 1. The molecule has 0 aromatic heterocycles.